The van der Waals surface area contributed by atoms with Gasteiger partial charge in [0.15, 0.2) is 0 Å². The van der Waals surface area contributed by atoms with E-state index in [4.69, 9.17) is 49.8 Å². The third kappa shape index (κ3) is 4290. The largest absolute Gasteiger partial charge is 0.481 e. The van der Waals surface area contributed by atoms with E-state index in [1.165, 1.54) is 0 Å². The summed E-state index contributed by atoms with van der Waals surface area (Å²) in [4.78, 5) is 36.0. The molecule has 0 radical (unpaired) electrons. The van der Waals surface area contributed by atoms with Crippen LogP contribution in [0.25, 0.3) is 0 Å². The van der Waals surface area contributed by atoms with Crippen molar-refractivity contribution in [2.45, 2.75) is 67.6 Å². The maximum atomic E-state index is 9.00. The normalized spacial score (nSPS) is 6.88. The van der Waals surface area contributed by atoms with Gasteiger partial charge >= 0.3 is 0 Å². The third-order valence-corrected chi connectivity index (χ3v) is 0. The summed E-state index contributed by atoms with van der Waals surface area (Å²) in [5.41, 5.74) is 0. The molecule has 0 aromatic heterocycles. The van der Waals surface area contributed by atoms with E-state index in [9.17, 15) is 0 Å². The van der Waals surface area contributed by atoms with Gasteiger partial charge in [-0.1, -0.05) is 0 Å². The van der Waals surface area contributed by atoms with Crippen molar-refractivity contribution in [1.82, 2.24) is 0 Å². The molecule has 0 aliphatic heterocycles. The second-order valence-electron chi connectivity index (χ2n) is 4.26. The van der Waals surface area contributed by atoms with E-state index in [1.807, 2.05) is 0 Å². The SMILES string of the molecule is CC(=O)O.CC(=O)O.CC(=O)O.CC(=O)O.CC(C)O.CC(C)O.[Ti]. The van der Waals surface area contributed by atoms with E-state index >= 15 is 0 Å². The summed E-state index contributed by atoms with van der Waals surface area (Å²) in [6.07, 6.45) is -0.333. The summed E-state index contributed by atoms with van der Waals surface area (Å²) in [5, 5.41) is 45.8. The van der Waals surface area contributed by atoms with E-state index in [0.717, 1.165) is 27.7 Å². The van der Waals surface area contributed by atoms with E-state index < -0.39 is 23.9 Å². The molecule has 0 saturated carbocycles. The van der Waals surface area contributed by atoms with E-state index in [1.54, 1.807) is 27.7 Å². The van der Waals surface area contributed by atoms with Crippen molar-refractivity contribution in [2.75, 3.05) is 0 Å². The molecule has 6 N–H and O–H groups in total. The van der Waals surface area contributed by atoms with Crippen LogP contribution in [0.5, 0.6) is 0 Å². The van der Waals surface area contributed by atoms with Crippen LogP contribution in [-0.2, 0) is 40.9 Å². The smallest absolute Gasteiger partial charge is 0.300 e. The number of hydrogen-bond donors (Lipinski definition) is 6. The van der Waals surface area contributed by atoms with Crippen LogP contribution in [0.15, 0.2) is 0 Å². The van der Waals surface area contributed by atoms with Crippen LogP contribution >= 0.6 is 0 Å². The summed E-state index contributed by atoms with van der Waals surface area (Å²) in [7, 11) is 0. The zero-order valence-electron chi connectivity index (χ0n) is 16.0. The van der Waals surface area contributed by atoms with E-state index in [-0.39, 0.29) is 33.9 Å². The zero-order chi connectivity index (χ0) is 21.5. The fourth-order valence-corrected chi connectivity index (χ4v) is 0. The van der Waals surface area contributed by atoms with Crippen LogP contribution in [-0.4, -0.2) is 66.7 Å². The third-order valence-electron chi connectivity index (χ3n) is 0. The second-order valence-corrected chi connectivity index (χ2v) is 4.26. The van der Waals surface area contributed by atoms with Crippen molar-refractivity contribution < 1.29 is 71.5 Å². The molecule has 0 aliphatic rings. The zero-order valence-corrected chi connectivity index (χ0v) is 17.5. The maximum absolute atomic E-state index is 9.00. The minimum absolute atomic E-state index is 0. The Labute approximate surface area is 163 Å². The minimum atomic E-state index is -0.833. The van der Waals surface area contributed by atoms with E-state index in [0.29, 0.717) is 0 Å². The second kappa shape index (κ2) is 38.2. The Morgan fingerprint density at radius 2 is 0.520 bits per heavy atom. The fraction of sp³-hybridized carbons (Fsp3) is 0.714. The topological polar surface area (TPSA) is 190 Å². The van der Waals surface area contributed by atoms with Crippen molar-refractivity contribution >= 4 is 23.9 Å². The van der Waals surface area contributed by atoms with Crippen molar-refractivity contribution in [2.24, 2.45) is 0 Å². The molecule has 0 fully saturated rings. The Bertz CT molecular complexity index is 228. The Morgan fingerprint density at radius 1 is 0.520 bits per heavy atom. The van der Waals surface area contributed by atoms with Crippen LogP contribution in [0.4, 0.5) is 0 Å². The molecule has 0 aliphatic carbocycles. The number of aliphatic hydroxyl groups excluding tert-OH is 2. The molecule has 0 aromatic carbocycles. The van der Waals surface area contributed by atoms with Gasteiger partial charge in [-0.05, 0) is 27.7 Å². The van der Waals surface area contributed by atoms with Gasteiger partial charge in [-0.25, -0.2) is 0 Å². The van der Waals surface area contributed by atoms with Gasteiger partial charge in [0.1, 0.15) is 0 Å². The molecule has 0 spiro atoms. The average molecular weight is 408 g/mol. The summed E-state index contributed by atoms with van der Waals surface area (Å²) < 4.78 is 0. The predicted molar refractivity (Wildman–Crippen MR) is 87.9 cm³/mol. The number of aliphatic hydroxyl groups is 2. The molecule has 0 amide bonds. The van der Waals surface area contributed by atoms with Crippen molar-refractivity contribution in [3.8, 4) is 0 Å². The summed E-state index contributed by atoms with van der Waals surface area (Å²) in [6, 6.07) is 0. The Hall–Kier alpha value is -1.49. The number of carbonyl (C=O) groups is 4. The molecule has 152 valence electrons. The molecule has 0 rings (SSSR count). The van der Waals surface area contributed by atoms with Crippen molar-refractivity contribution in [1.29, 1.82) is 0 Å². The molecule has 0 bridgehead atoms. The summed E-state index contributed by atoms with van der Waals surface area (Å²) in [5.74, 6) is -3.33. The van der Waals surface area contributed by atoms with Gasteiger partial charge in [-0.2, -0.15) is 0 Å². The number of rotatable bonds is 0. The average Bonchev–Trinajstić information content (AvgIpc) is 2.08. The molecule has 11 heteroatoms. The Morgan fingerprint density at radius 3 is 0.520 bits per heavy atom. The molecule has 10 nitrogen and oxygen atoms in total. The van der Waals surface area contributed by atoms with Crippen molar-refractivity contribution in [3.05, 3.63) is 0 Å². The quantitative estimate of drug-likeness (QED) is 0.317. The number of aliphatic carboxylic acids is 4. The standard InChI is InChI=1S/2C3H8O.4C2H4O2.Ti/c2*1-3(2)4;4*1-2(3)4;/h2*3-4H,1-2H3;4*1H3,(H,3,4);. The van der Waals surface area contributed by atoms with Crippen LogP contribution in [0.3, 0.4) is 0 Å². The molecular weight excluding hydrogens is 376 g/mol. The fourth-order valence-electron chi connectivity index (χ4n) is 0. The van der Waals surface area contributed by atoms with Gasteiger partial charge < -0.3 is 30.6 Å². The van der Waals surface area contributed by atoms with Gasteiger partial charge in [0.05, 0.1) is 0 Å². The van der Waals surface area contributed by atoms with Crippen LogP contribution in [0, 0.1) is 0 Å². The molecular formula is C14H32O10Ti. The van der Waals surface area contributed by atoms with Gasteiger partial charge in [-0.3, -0.25) is 19.2 Å². The molecule has 0 heterocycles. The van der Waals surface area contributed by atoms with Gasteiger partial charge in [-0.15, -0.1) is 0 Å². The summed E-state index contributed by atoms with van der Waals surface area (Å²) >= 11 is 0. The van der Waals surface area contributed by atoms with Gasteiger partial charge in [0, 0.05) is 61.6 Å². The van der Waals surface area contributed by atoms with Crippen LogP contribution in [0.2, 0.25) is 0 Å². The Balaban J connectivity index is -0.0000000309. The minimum Gasteiger partial charge on any atom is -0.481 e. The number of carboxylic acid groups (broad SMARTS) is 4. The van der Waals surface area contributed by atoms with E-state index in [2.05, 4.69) is 0 Å². The monoisotopic (exact) mass is 408 g/mol. The predicted octanol–water partition coefficient (Wildman–Crippen LogP) is 1.14. The van der Waals surface area contributed by atoms with Crippen LogP contribution < -0.4 is 0 Å². The first-order chi connectivity index (χ1) is 10.4. The summed E-state index contributed by atoms with van der Waals surface area (Å²) in [6.45, 7) is 11.2. The van der Waals surface area contributed by atoms with Gasteiger partial charge in [0.2, 0.25) is 0 Å². The number of hydrogen-bond acceptors (Lipinski definition) is 6. The molecule has 0 saturated heterocycles. The molecule has 0 unspecified atom stereocenters. The van der Waals surface area contributed by atoms with Crippen LogP contribution in [0.1, 0.15) is 55.4 Å². The van der Waals surface area contributed by atoms with Gasteiger partial charge in [0.25, 0.3) is 23.9 Å². The molecule has 25 heavy (non-hydrogen) atoms. The molecule has 0 atom stereocenters. The Kier molecular flexibility index (Phi) is 66.8. The van der Waals surface area contributed by atoms with Crippen molar-refractivity contribution in [3.63, 3.8) is 0 Å². The first-order valence-corrected chi connectivity index (χ1v) is 6.54. The molecule has 0 aromatic rings. The maximum Gasteiger partial charge on any atom is 0.300 e. The first kappa shape index (κ1) is 43.7. The number of carboxylic acids is 4. The first-order valence-electron chi connectivity index (χ1n) is 6.54.